The highest BCUT2D eigenvalue weighted by Crippen LogP contribution is 2.28. The van der Waals surface area contributed by atoms with Gasteiger partial charge in [-0.2, -0.15) is 0 Å². The van der Waals surface area contributed by atoms with Crippen molar-refractivity contribution in [2.24, 2.45) is 0 Å². The van der Waals surface area contributed by atoms with Crippen LogP contribution in [0.3, 0.4) is 0 Å². The maximum absolute atomic E-state index is 12.4. The normalized spacial score (nSPS) is 13.9. The number of piperazine rings is 1. The zero-order valence-corrected chi connectivity index (χ0v) is 17.7. The van der Waals surface area contributed by atoms with Gasteiger partial charge in [0.15, 0.2) is 6.61 Å². The number of para-hydroxylation sites is 2. The summed E-state index contributed by atoms with van der Waals surface area (Å²) in [5.74, 6) is 0.281. The Labute approximate surface area is 180 Å². The molecular formula is C21H23Cl2N3O3. The smallest absolute Gasteiger partial charge is 0.262 e. The third-order valence-electron chi connectivity index (χ3n) is 4.71. The molecule has 2 aromatic carbocycles. The van der Waals surface area contributed by atoms with Crippen molar-refractivity contribution in [2.75, 3.05) is 43.0 Å². The predicted molar refractivity (Wildman–Crippen MR) is 116 cm³/mol. The number of nitrogens with zero attached hydrogens (tertiary/aromatic N) is 2. The fourth-order valence-corrected chi connectivity index (χ4v) is 3.66. The number of ether oxygens (including phenoxy) is 1. The van der Waals surface area contributed by atoms with Crippen LogP contribution < -0.4 is 15.0 Å². The van der Waals surface area contributed by atoms with Gasteiger partial charge in [0.1, 0.15) is 5.75 Å². The first kappa shape index (κ1) is 21.3. The summed E-state index contributed by atoms with van der Waals surface area (Å²) >= 11 is 11.9. The summed E-state index contributed by atoms with van der Waals surface area (Å²) in [6, 6.07) is 12.5. The highest BCUT2D eigenvalue weighted by molar-refractivity contribution is 6.35. The lowest BCUT2D eigenvalue weighted by molar-refractivity contribution is -0.131. The predicted octanol–water partition coefficient (Wildman–Crippen LogP) is 4.07. The molecule has 1 fully saturated rings. The molecule has 0 spiro atoms. The molecule has 0 bridgehead atoms. The second-order valence-electron chi connectivity index (χ2n) is 6.65. The van der Waals surface area contributed by atoms with Crippen molar-refractivity contribution < 1.29 is 14.3 Å². The van der Waals surface area contributed by atoms with Crippen molar-refractivity contribution in [3.8, 4) is 5.75 Å². The minimum absolute atomic E-state index is 0.171. The summed E-state index contributed by atoms with van der Waals surface area (Å²) in [6.07, 6.45) is 0.518. The largest absolute Gasteiger partial charge is 0.482 e. The van der Waals surface area contributed by atoms with E-state index in [0.29, 0.717) is 41.0 Å². The van der Waals surface area contributed by atoms with Crippen LogP contribution in [0.25, 0.3) is 0 Å². The van der Waals surface area contributed by atoms with Gasteiger partial charge in [0.25, 0.3) is 5.91 Å². The van der Waals surface area contributed by atoms with Crippen molar-refractivity contribution in [2.45, 2.75) is 13.3 Å². The van der Waals surface area contributed by atoms with Crippen molar-refractivity contribution in [1.29, 1.82) is 0 Å². The Morgan fingerprint density at radius 2 is 1.79 bits per heavy atom. The van der Waals surface area contributed by atoms with Gasteiger partial charge in [0.2, 0.25) is 5.91 Å². The van der Waals surface area contributed by atoms with E-state index in [1.165, 1.54) is 0 Å². The first-order valence-electron chi connectivity index (χ1n) is 9.47. The molecule has 0 aromatic heterocycles. The lowest BCUT2D eigenvalue weighted by Gasteiger charge is -2.36. The van der Waals surface area contributed by atoms with E-state index in [4.69, 9.17) is 27.9 Å². The maximum atomic E-state index is 12.4. The van der Waals surface area contributed by atoms with Crippen molar-refractivity contribution in [3.63, 3.8) is 0 Å². The fourth-order valence-electron chi connectivity index (χ4n) is 3.20. The van der Waals surface area contributed by atoms with E-state index in [1.54, 1.807) is 18.2 Å². The van der Waals surface area contributed by atoms with Crippen LogP contribution in [-0.2, 0) is 9.59 Å². The van der Waals surface area contributed by atoms with Gasteiger partial charge in [-0.15, -0.1) is 0 Å². The lowest BCUT2D eigenvalue weighted by atomic mass is 10.2. The molecule has 0 radical (unpaired) electrons. The number of halogens is 2. The Balaban J connectivity index is 1.60. The molecule has 0 atom stereocenters. The van der Waals surface area contributed by atoms with Crippen LogP contribution in [-0.4, -0.2) is 49.5 Å². The first-order chi connectivity index (χ1) is 14.0. The van der Waals surface area contributed by atoms with E-state index in [1.807, 2.05) is 36.1 Å². The Morgan fingerprint density at radius 1 is 1.07 bits per heavy atom. The Bertz CT molecular complexity index is 883. The number of nitrogens with one attached hydrogen (secondary N) is 1. The van der Waals surface area contributed by atoms with Crippen LogP contribution in [0, 0.1) is 0 Å². The monoisotopic (exact) mass is 435 g/mol. The Hall–Kier alpha value is -2.44. The summed E-state index contributed by atoms with van der Waals surface area (Å²) < 4.78 is 5.50. The second kappa shape index (κ2) is 9.85. The molecule has 8 heteroatoms. The van der Waals surface area contributed by atoms with Gasteiger partial charge in [0.05, 0.1) is 16.4 Å². The molecule has 1 aliphatic rings. The number of amides is 2. The molecule has 2 amide bonds. The van der Waals surface area contributed by atoms with Gasteiger partial charge in [-0.3, -0.25) is 9.59 Å². The molecule has 29 heavy (non-hydrogen) atoms. The SMILES string of the molecule is CCC(=O)N1CCN(c2ccccc2NC(=O)COc2ccc(Cl)cc2Cl)CC1. The topological polar surface area (TPSA) is 61.9 Å². The molecule has 2 aromatic rings. The van der Waals surface area contributed by atoms with Gasteiger partial charge in [-0.05, 0) is 30.3 Å². The van der Waals surface area contributed by atoms with Crippen LogP contribution in [0.2, 0.25) is 10.0 Å². The number of benzene rings is 2. The molecule has 0 aliphatic carbocycles. The zero-order valence-electron chi connectivity index (χ0n) is 16.2. The van der Waals surface area contributed by atoms with Crippen molar-refractivity contribution in [1.82, 2.24) is 4.90 Å². The standard InChI is InChI=1S/C21H23Cl2N3O3/c1-2-21(28)26-11-9-25(10-12-26)18-6-4-3-5-17(18)24-20(27)14-29-19-8-7-15(22)13-16(19)23/h3-8,13H,2,9-12,14H2,1H3,(H,24,27). The Kier molecular flexibility index (Phi) is 7.23. The van der Waals surface area contributed by atoms with E-state index < -0.39 is 0 Å². The minimum Gasteiger partial charge on any atom is -0.482 e. The quantitative estimate of drug-likeness (QED) is 0.742. The third-order valence-corrected chi connectivity index (χ3v) is 5.24. The highest BCUT2D eigenvalue weighted by atomic mass is 35.5. The van der Waals surface area contributed by atoms with E-state index in [-0.39, 0.29) is 18.4 Å². The summed E-state index contributed by atoms with van der Waals surface area (Å²) in [4.78, 5) is 28.3. The molecule has 1 aliphatic heterocycles. The van der Waals surface area contributed by atoms with Crippen LogP contribution >= 0.6 is 23.2 Å². The molecule has 6 nitrogen and oxygen atoms in total. The highest BCUT2D eigenvalue weighted by Gasteiger charge is 2.22. The fraction of sp³-hybridized carbons (Fsp3) is 0.333. The summed E-state index contributed by atoms with van der Waals surface area (Å²) in [5, 5.41) is 3.75. The zero-order chi connectivity index (χ0) is 20.8. The lowest BCUT2D eigenvalue weighted by Crippen LogP contribution is -2.48. The van der Waals surface area contributed by atoms with E-state index in [0.717, 1.165) is 18.8 Å². The Morgan fingerprint density at radius 3 is 2.48 bits per heavy atom. The average molecular weight is 436 g/mol. The van der Waals surface area contributed by atoms with Crippen LogP contribution in [0.1, 0.15) is 13.3 Å². The van der Waals surface area contributed by atoms with Crippen molar-refractivity contribution in [3.05, 3.63) is 52.5 Å². The minimum atomic E-state index is -0.289. The van der Waals surface area contributed by atoms with Crippen LogP contribution in [0.4, 0.5) is 11.4 Å². The molecule has 1 N–H and O–H groups in total. The van der Waals surface area contributed by atoms with Crippen molar-refractivity contribution >= 4 is 46.4 Å². The van der Waals surface area contributed by atoms with E-state index >= 15 is 0 Å². The first-order valence-corrected chi connectivity index (χ1v) is 10.2. The maximum Gasteiger partial charge on any atom is 0.262 e. The average Bonchev–Trinajstić information content (AvgIpc) is 2.73. The molecule has 0 saturated carbocycles. The number of hydrogen-bond donors (Lipinski definition) is 1. The number of anilines is 2. The van der Waals surface area contributed by atoms with Gasteiger partial charge in [-0.1, -0.05) is 42.3 Å². The summed E-state index contributed by atoms with van der Waals surface area (Å²) in [5.41, 5.74) is 1.63. The van der Waals surface area contributed by atoms with Crippen LogP contribution in [0.15, 0.2) is 42.5 Å². The molecule has 154 valence electrons. The molecule has 3 rings (SSSR count). The number of carbonyl (C=O) groups is 2. The van der Waals surface area contributed by atoms with Gasteiger partial charge in [-0.25, -0.2) is 0 Å². The van der Waals surface area contributed by atoms with E-state index in [9.17, 15) is 9.59 Å². The molecule has 1 saturated heterocycles. The number of carbonyl (C=O) groups excluding carboxylic acids is 2. The van der Waals surface area contributed by atoms with Gasteiger partial charge in [0, 0.05) is 37.6 Å². The second-order valence-corrected chi connectivity index (χ2v) is 7.49. The number of rotatable bonds is 6. The number of hydrogen-bond acceptors (Lipinski definition) is 4. The van der Waals surface area contributed by atoms with E-state index in [2.05, 4.69) is 10.2 Å². The molecular weight excluding hydrogens is 413 g/mol. The summed E-state index contributed by atoms with van der Waals surface area (Å²) in [6.45, 7) is 4.48. The third kappa shape index (κ3) is 5.55. The molecule has 1 heterocycles. The van der Waals surface area contributed by atoms with Gasteiger partial charge >= 0.3 is 0 Å². The molecule has 0 unspecified atom stereocenters. The van der Waals surface area contributed by atoms with Gasteiger partial charge < -0.3 is 19.9 Å². The van der Waals surface area contributed by atoms with Crippen LogP contribution in [0.5, 0.6) is 5.75 Å². The summed E-state index contributed by atoms with van der Waals surface area (Å²) in [7, 11) is 0.